The third kappa shape index (κ3) is 5.00. The molecule has 0 aliphatic carbocycles. The minimum Gasteiger partial charge on any atom is -0.378 e. The minimum atomic E-state index is -4.49. The lowest BCUT2D eigenvalue weighted by Crippen LogP contribution is -2.36. The molecule has 0 saturated carbocycles. The number of fused-ring (bicyclic) bond motifs is 1. The molecular formula is C27H30F3N5O3. The largest absolute Gasteiger partial charge is 0.416 e. The average Bonchev–Trinajstić information content (AvgIpc) is 3.40. The summed E-state index contributed by atoms with van der Waals surface area (Å²) in [6.45, 7) is 5.29. The molecule has 202 valence electrons. The van der Waals surface area contributed by atoms with Crippen molar-refractivity contribution in [2.75, 3.05) is 50.8 Å². The highest BCUT2D eigenvalue weighted by molar-refractivity contribution is 5.97. The molecule has 2 aromatic heterocycles. The number of amides is 1. The van der Waals surface area contributed by atoms with Crippen molar-refractivity contribution >= 4 is 22.6 Å². The van der Waals surface area contributed by atoms with Gasteiger partial charge in [-0.3, -0.25) is 9.59 Å². The molecule has 2 aliphatic heterocycles. The number of morpholine rings is 1. The first-order valence-electron chi connectivity index (χ1n) is 12.7. The van der Waals surface area contributed by atoms with Crippen LogP contribution in [0, 0.1) is 12.8 Å². The van der Waals surface area contributed by atoms with E-state index in [9.17, 15) is 22.8 Å². The Balaban J connectivity index is 1.63. The number of rotatable bonds is 5. The molecule has 0 radical (unpaired) electrons. The van der Waals surface area contributed by atoms with Gasteiger partial charge in [0.1, 0.15) is 11.1 Å². The van der Waals surface area contributed by atoms with Crippen LogP contribution in [0.4, 0.5) is 18.9 Å². The summed E-state index contributed by atoms with van der Waals surface area (Å²) >= 11 is 0. The molecule has 0 bridgehead atoms. The zero-order valence-electron chi connectivity index (χ0n) is 21.1. The highest BCUT2D eigenvalue weighted by atomic mass is 19.4. The summed E-state index contributed by atoms with van der Waals surface area (Å²) in [7, 11) is 0. The summed E-state index contributed by atoms with van der Waals surface area (Å²) in [6.07, 6.45) is -0.668. The normalized spacial score (nSPS) is 18.4. The van der Waals surface area contributed by atoms with E-state index in [1.165, 1.54) is 19.2 Å². The number of anilines is 1. The van der Waals surface area contributed by atoms with Crippen LogP contribution in [-0.2, 0) is 17.5 Å². The number of benzene rings is 1. The summed E-state index contributed by atoms with van der Waals surface area (Å²) in [6, 6.07) is 5.86. The van der Waals surface area contributed by atoms with Crippen molar-refractivity contribution in [3.8, 4) is 0 Å². The highest BCUT2D eigenvalue weighted by Crippen LogP contribution is 2.33. The number of hydrogen-bond donors (Lipinski definition) is 1. The molecular weight excluding hydrogens is 499 g/mol. The molecule has 2 N–H and O–H groups in total. The van der Waals surface area contributed by atoms with E-state index in [1.807, 2.05) is 6.07 Å². The van der Waals surface area contributed by atoms with E-state index in [0.29, 0.717) is 57.0 Å². The van der Waals surface area contributed by atoms with Crippen LogP contribution in [0.15, 0.2) is 41.5 Å². The lowest BCUT2D eigenvalue weighted by Gasteiger charge is -2.29. The Labute approximate surface area is 217 Å². The summed E-state index contributed by atoms with van der Waals surface area (Å²) in [5.41, 5.74) is 6.39. The van der Waals surface area contributed by atoms with Crippen molar-refractivity contribution < 1.29 is 22.7 Å². The van der Waals surface area contributed by atoms with Crippen molar-refractivity contribution in [2.24, 2.45) is 11.7 Å². The second-order valence-electron chi connectivity index (χ2n) is 9.89. The number of likely N-dealkylation sites (tertiary alicyclic amines) is 1. The minimum absolute atomic E-state index is 0.0342. The van der Waals surface area contributed by atoms with Crippen LogP contribution in [0.1, 0.15) is 33.5 Å². The Morgan fingerprint density at radius 1 is 1.21 bits per heavy atom. The molecule has 0 unspecified atom stereocenters. The first-order valence-corrected chi connectivity index (χ1v) is 12.7. The first kappa shape index (κ1) is 26.2. The van der Waals surface area contributed by atoms with Crippen molar-refractivity contribution in [3.05, 3.63) is 69.1 Å². The summed E-state index contributed by atoms with van der Waals surface area (Å²) in [4.78, 5) is 35.1. The van der Waals surface area contributed by atoms with Gasteiger partial charge in [-0.05, 0) is 49.1 Å². The Kier molecular flexibility index (Phi) is 7.15. The Hall–Kier alpha value is -3.44. The maximum absolute atomic E-state index is 13.6. The van der Waals surface area contributed by atoms with E-state index in [0.717, 1.165) is 18.2 Å². The highest BCUT2D eigenvalue weighted by Gasteiger charge is 2.33. The quantitative estimate of drug-likeness (QED) is 0.546. The fourth-order valence-corrected chi connectivity index (χ4v) is 5.25. The van der Waals surface area contributed by atoms with Crippen LogP contribution in [0.3, 0.4) is 0 Å². The number of aromatic nitrogens is 2. The molecule has 2 saturated heterocycles. The van der Waals surface area contributed by atoms with Crippen molar-refractivity contribution in [1.29, 1.82) is 0 Å². The van der Waals surface area contributed by atoms with E-state index in [4.69, 9.17) is 10.5 Å². The third-order valence-corrected chi connectivity index (χ3v) is 7.51. The van der Waals surface area contributed by atoms with Gasteiger partial charge in [0, 0.05) is 38.9 Å². The van der Waals surface area contributed by atoms with Gasteiger partial charge in [-0.25, -0.2) is 4.98 Å². The molecule has 5 rings (SSSR count). The standard InChI is InChI=1S/C27H30F3N5O3/c1-17-19(3-2-4-22(17)27(28,29)30)15-35-16-21(26(37)34-6-5-18(12-31)14-34)25(36)24-23(35)11-20(13-32-24)33-7-9-38-10-8-33/h2-4,11,13,16,18H,5-10,12,14-15,31H2,1H3/t18-/m1/s1. The molecule has 3 aromatic rings. The summed E-state index contributed by atoms with van der Waals surface area (Å²) in [5.74, 6) is -0.245. The van der Waals surface area contributed by atoms with Gasteiger partial charge in [-0.2, -0.15) is 13.2 Å². The van der Waals surface area contributed by atoms with Crippen LogP contribution in [0.5, 0.6) is 0 Å². The van der Waals surface area contributed by atoms with Crippen LogP contribution in [0.2, 0.25) is 0 Å². The molecule has 2 fully saturated rings. The van der Waals surface area contributed by atoms with E-state index >= 15 is 0 Å². The fraction of sp³-hybridized carbons (Fsp3) is 0.444. The maximum atomic E-state index is 13.6. The third-order valence-electron chi connectivity index (χ3n) is 7.51. The van der Waals surface area contributed by atoms with Gasteiger partial charge in [0.05, 0.1) is 36.2 Å². The number of carbonyl (C=O) groups excluding carboxylic acids is 1. The molecule has 11 heteroatoms. The Morgan fingerprint density at radius 2 is 1.97 bits per heavy atom. The molecule has 1 amide bonds. The number of alkyl halides is 3. The molecule has 8 nitrogen and oxygen atoms in total. The van der Waals surface area contributed by atoms with Gasteiger partial charge in [0.25, 0.3) is 5.91 Å². The number of pyridine rings is 2. The van der Waals surface area contributed by atoms with Crippen LogP contribution < -0.4 is 16.1 Å². The maximum Gasteiger partial charge on any atom is 0.416 e. The van der Waals surface area contributed by atoms with Gasteiger partial charge < -0.3 is 24.8 Å². The second-order valence-corrected chi connectivity index (χ2v) is 9.89. The monoisotopic (exact) mass is 529 g/mol. The van der Waals surface area contributed by atoms with Crippen molar-refractivity contribution in [1.82, 2.24) is 14.5 Å². The van der Waals surface area contributed by atoms with E-state index < -0.39 is 23.1 Å². The van der Waals surface area contributed by atoms with E-state index in [2.05, 4.69) is 9.88 Å². The van der Waals surface area contributed by atoms with E-state index in [1.54, 1.807) is 21.7 Å². The number of hydrogen-bond acceptors (Lipinski definition) is 6. The Morgan fingerprint density at radius 3 is 2.66 bits per heavy atom. The van der Waals surface area contributed by atoms with Gasteiger partial charge in [0.2, 0.25) is 5.43 Å². The van der Waals surface area contributed by atoms with Gasteiger partial charge in [-0.1, -0.05) is 12.1 Å². The van der Waals surface area contributed by atoms with Crippen LogP contribution >= 0.6 is 0 Å². The Bertz CT molecular complexity index is 1420. The first-order chi connectivity index (χ1) is 18.2. The molecule has 0 spiro atoms. The zero-order chi connectivity index (χ0) is 27.0. The van der Waals surface area contributed by atoms with E-state index in [-0.39, 0.29) is 29.1 Å². The number of halogens is 3. The number of nitrogens with two attached hydrogens (primary N) is 1. The number of nitrogens with zero attached hydrogens (tertiary/aromatic N) is 4. The van der Waals surface area contributed by atoms with Crippen LogP contribution in [0.25, 0.3) is 11.0 Å². The topological polar surface area (TPSA) is 93.7 Å². The molecule has 1 aromatic carbocycles. The second kappa shape index (κ2) is 10.4. The van der Waals surface area contributed by atoms with Crippen molar-refractivity contribution in [2.45, 2.75) is 26.1 Å². The zero-order valence-corrected chi connectivity index (χ0v) is 21.1. The lowest BCUT2D eigenvalue weighted by atomic mass is 10.0. The SMILES string of the molecule is Cc1c(Cn2cc(C(=O)N3CC[C@H](CN)C3)c(=O)c3ncc(N4CCOCC4)cc32)cccc1C(F)(F)F. The van der Waals surface area contributed by atoms with Crippen molar-refractivity contribution in [3.63, 3.8) is 0 Å². The van der Waals surface area contributed by atoms with Crippen LogP contribution in [-0.4, -0.2) is 66.3 Å². The molecule has 4 heterocycles. The van der Waals surface area contributed by atoms with Gasteiger partial charge in [-0.15, -0.1) is 0 Å². The average molecular weight is 530 g/mol. The van der Waals surface area contributed by atoms with Gasteiger partial charge in [0.15, 0.2) is 0 Å². The predicted octanol–water partition coefficient (Wildman–Crippen LogP) is 3.03. The number of carbonyl (C=O) groups is 1. The summed E-state index contributed by atoms with van der Waals surface area (Å²) < 4.78 is 47.9. The molecule has 38 heavy (non-hydrogen) atoms. The molecule has 2 aliphatic rings. The summed E-state index contributed by atoms with van der Waals surface area (Å²) in [5, 5.41) is 0. The fourth-order valence-electron chi connectivity index (χ4n) is 5.25. The van der Waals surface area contributed by atoms with Gasteiger partial charge >= 0.3 is 6.18 Å². The number of ether oxygens (including phenoxy) is 1. The predicted molar refractivity (Wildman–Crippen MR) is 137 cm³/mol. The lowest BCUT2D eigenvalue weighted by molar-refractivity contribution is -0.138. The molecule has 1 atom stereocenters. The smallest absolute Gasteiger partial charge is 0.378 e.